The molecule has 1 amide bonds. The van der Waals surface area contributed by atoms with E-state index >= 15 is 0 Å². The minimum absolute atomic E-state index is 0.183. The summed E-state index contributed by atoms with van der Waals surface area (Å²) in [4.78, 5) is 24.6. The Kier molecular flexibility index (Phi) is 4.67. The van der Waals surface area contributed by atoms with E-state index in [0.717, 1.165) is 28.2 Å². The molecular formula is C21H21N7O. The van der Waals surface area contributed by atoms with Gasteiger partial charge in [0, 0.05) is 17.7 Å². The number of nitrogen functional groups attached to an aromatic ring is 1. The molecule has 0 spiro atoms. The van der Waals surface area contributed by atoms with Crippen molar-refractivity contribution in [3.63, 3.8) is 0 Å². The lowest BCUT2D eigenvalue weighted by atomic mass is 10.0. The third-order valence-corrected chi connectivity index (χ3v) is 4.75. The molecule has 0 aliphatic rings. The van der Waals surface area contributed by atoms with Crippen LogP contribution >= 0.6 is 0 Å². The molecule has 8 heteroatoms. The van der Waals surface area contributed by atoms with Crippen LogP contribution in [0.5, 0.6) is 0 Å². The molecule has 3 aromatic heterocycles. The molecule has 4 N–H and O–H groups in total. The standard InChI is InChI=1S/C21H21N7O/c1-12(2)21-27-16(18-19(22)25-11-26-28(18)21)14-7-5-13(6-8-14)10-15-4-3-9-24-17(15)20(23)29/h3-9,11-12H,10H2,1-2H3,(H2,23,29)(H2,22,25,26). The van der Waals surface area contributed by atoms with Gasteiger partial charge in [0.25, 0.3) is 5.91 Å². The molecule has 146 valence electrons. The molecule has 1 aromatic carbocycles. The quantitative estimate of drug-likeness (QED) is 0.542. The lowest BCUT2D eigenvalue weighted by molar-refractivity contribution is 0.0994. The Balaban J connectivity index is 1.72. The average molecular weight is 387 g/mol. The number of amides is 1. The fraction of sp³-hybridized carbons (Fsp3) is 0.190. The van der Waals surface area contributed by atoms with E-state index in [9.17, 15) is 4.79 Å². The lowest BCUT2D eigenvalue weighted by Gasteiger charge is -2.07. The molecule has 0 aliphatic heterocycles. The molecule has 0 atom stereocenters. The number of benzene rings is 1. The van der Waals surface area contributed by atoms with Crippen LogP contribution in [0.15, 0.2) is 48.9 Å². The maximum atomic E-state index is 11.6. The monoisotopic (exact) mass is 387 g/mol. The summed E-state index contributed by atoms with van der Waals surface area (Å²) in [7, 11) is 0. The van der Waals surface area contributed by atoms with E-state index in [1.807, 2.05) is 30.3 Å². The molecule has 3 heterocycles. The van der Waals surface area contributed by atoms with Crippen LogP contribution in [0.4, 0.5) is 5.82 Å². The van der Waals surface area contributed by atoms with Crippen molar-refractivity contribution in [2.75, 3.05) is 5.73 Å². The van der Waals surface area contributed by atoms with Gasteiger partial charge >= 0.3 is 0 Å². The van der Waals surface area contributed by atoms with Crippen LogP contribution in [0, 0.1) is 0 Å². The molecule has 0 saturated carbocycles. The molecule has 0 radical (unpaired) electrons. The van der Waals surface area contributed by atoms with Crippen LogP contribution in [0.25, 0.3) is 16.8 Å². The Morgan fingerprint density at radius 3 is 2.59 bits per heavy atom. The van der Waals surface area contributed by atoms with Crippen molar-refractivity contribution in [2.24, 2.45) is 5.73 Å². The zero-order chi connectivity index (χ0) is 20.5. The normalized spacial score (nSPS) is 11.3. The van der Waals surface area contributed by atoms with Crippen LogP contribution in [0.1, 0.15) is 47.2 Å². The van der Waals surface area contributed by atoms with Crippen LogP contribution in [0.2, 0.25) is 0 Å². The number of fused-ring (bicyclic) bond motifs is 1. The molecule has 0 saturated heterocycles. The fourth-order valence-corrected chi connectivity index (χ4v) is 3.36. The van der Waals surface area contributed by atoms with Gasteiger partial charge < -0.3 is 11.5 Å². The van der Waals surface area contributed by atoms with Crippen molar-refractivity contribution >= 4 is 17.2 Å². The number of anilines is 1. The molecule has 29 heavy (non-hydrogen) atoms. The second-order valence-electron chi connectivity index (χ2n) is 7.13. The highest BCUT2D eigenvalue weighted by Crippen LogP contribution is 2.30. The summed E-state index contributed by atoms with van der Waals surface area (Å²) in [5.41, 5.74) is 16.0. The Morgan fingerprint density at radius 1 is 1.14 bits per heavy atom. The predicted octanol–water partition coefficient (Wildman–Crippen LogP) is 2.58. The SMILES string of the molecule is CC(C)c1nc(-c2ccc(Cc3cccnc3C(N)=O)cc2)c2c(N)ncnn12. The summed E-state index contributed by atoms with van der Waals surface area (Å²) in [5, 5.41) is 4.32. The fourth-order valence-electron chi connectivity index (χ4n) is 3.36. The minimum Gasteiger partial charge on any atom is -0.382 e. The van der Waals surface area contributed by atoms with Crippen molar-refractivity contribution in [2.45, 2.75) is 26.2 Å². The van der Waals surface area contributed by atoms with Crippen molar-refractivity contribution in [3.05, 3.63) is 71.6 Å². The number of hydrogen-bond acceptors (Lipinski definition) is 6. The number of pyridine rings is 1. The number of primary amides is 1. The smallest absolute Gasteiger partial charge is 0.267 e. The first-order valence-corrected chi connectivity index (χ1v) is 9.27. The Morgan fingerprint density at radius 2 is 1.90 bits per heavy atom. The van der Waals surface area contributed by atoms with Crippen molar-refractivity contribution < 1.29 is 4.79 Å². The van der Waals surface area contributed by atoms with Gasteiger partial charge in [-0.1, -0.05) is 44.2 Å². The topological polar surface area (TPSA) is 125 Å². The highest BCUT2D eigenvalue weighted by atomic mass is 16.1. The number of hydrogen-bond donors (Lipinski definition) is 2. The second kappa shape index (κ2) is 7.31. The molecule has 0 bridgehead atoms. The lowest BCUT2D eigenvalue weighted by Crippen LogP contribution is -2.15. The van der Waals surface area contributed by atoms with Gasteiger partial charge in [0.05, 0.1) is 0 Å². The number of rotatable bonds is 5. The van der Waals surface area contributed by atoms with E-state index in [1.165, 1.54) is 6.33 Å². The number of imidazole rings is 1. The predicted molar refractivity (Wildman–Crippen MR) is 110 cm³/mol. The Labute approximate surface area is 167 Å². The number of carbonyl (C=O) groups is 1. The number of nitrogens with two attached hydrogens (primary N) is 2. The highest BCUT2D eigenvalue weighted by Gasteiger charge is 2.19. The molecule has 4 rings (SSSR count). The summed E-state index contributed by atoms with van der Waals surface area (Å²) in [6, 6.07) is 11.6. The van der Waals surface area contributed by atoms with Crippen molar-refractivity contribution in [1.82, 2.24) is 24.6 Å². The molecular weight excluding hydrogens is 366 g/mol. The summed E-state index contributed by atoms with van der Waals surface area (Å²) < 4.78 is 1.75. The first kappa shape index (κ1) is 18.5. The third kappa shape index (κ3) is 3.40. The van der Waals surface area contributed by atoms with E-state index in [0.29, 0.717) is 23.4 Å². The Bertz CT molecular complexity index is 1200. The number of nitrogens with zero attached hydrogens (tertiary/aromatic N) is 5. The van der Waals surface area contributed by atoms with Crippen LogP contribution in [0.3, 0.4) is 0 Å². The van der Waals surface area contributed by atoms with Gasteiger partial charge in [-0.3, -0.25) is 9.78 Å². The van der Waals surface area contributed by atoms with Gasteiger partial charge in [-0.05, 0) is 23.6 Å². The van der Waals surface area contributed by atoms with E-state index in [-0.39, 0.29) is 5.92 Å². The van der Waals surface area contributed by atoms with Crippen LogP contribution in [-0.4, -0.2) is 30.5 Å². The molecule has 0 fully saturated rings. The summed E-state index contributed by atoms with van der Waals surface area (Å²) in [6.07, 6.45) is 3.56. The van der Waals surface area contributed by atoms with Gasteiger partial charge in [0.15, 0.2) is 5.82 Å². The van der Waals surface area contributed by atoms with Crippen LogP contribution in [-0.2, 0) is 6.42 Å². The van der Waals surface area contributed by atoms with E-state index in [1.54, 1.807) is 16.8 Å². The van der Waals surface area contributed by atoms with Crippen LogP contribution < -0.4 is 11.5 Å². The average Bonchev–Trinajstić information content (AvgIpc) is 3.10. The van der Waals surface area contributed by atoms with Gasteiger partial charge in [0.2, 0.25) is 0 Å². The van der Waals surface area contributed by atoms with E-state index < -0.39 is 5.91 Å². The molecule has 8 nitrogen and oxygen atoms in total. The first-order chi connectivity index (χ1) is 14.0. The highest BCUT2D eigenvalue weighted by molar-refractivity contribution is 5.92. The van der Waals surface area contributed by atoms with Gasteiger partial charge in [0.1, 0.15) is 29.1 Å². The first-order valence-electron chi connectivity index (χ1n) is 9.27. The minimum atomic E-state index is -0.529. The molecule has 4 aromatic rings. The molecule has 0 aliphatic carbocycles. The maximum absolute atomic E-state index is 11.6. The third-order valence-electron chi connectivity index (χ3n) is 4.75. The number of aromatic nitrogens is 5. The van der Waals surface area contributed by atoms with E-state index in [4.69, 9.17) is 16.5 Å². The Hall–Kier alpha value is -3.81. The number of carbonyl (C=O) groups excluding carboxylic acids is 1. The van der Waals surface area contributed by atoms with Gasteiger partial charge in [-0.2, -0.15) is 5.10 Å². The van der Waals surface area contributed by atoms with Gasteiger partial charge in [-0.25, -0.2) is 14.5 Å². The summed E-state index contributed by atoms with van der Waals surface area (Å²) in [5.74, 6) is 0.871. The van der Waals surface area contributed by atoms with Gasteiger partial charge in [-0.15, -0.1) is 0 Å². The zero-order valence-electron chi connectivity index (χ0n) is 16.2. The summed E-state index contributed by atoms with van der Waals surface area (Å²) >= 11 is 0. The maximum Gasteiger partial charge on any atom is 0.267 e. The van der Waals surface area contributed by atoms with E-state index in [2.05, 4.69) is 28.9 Å². The summed E-state index contributed by atoms with van der Waals surface area (Å²) in [6.45, 7) is 4.12. The van der Waals surface area contributed by atoms with Crippen molar-refractivity contribution in [1.29, 1.82) is 0 Å². The second-order valence-corrected chi connectivity index (χ2v) is 7.13. The molecule has 0 unspecified atom stereocenters. The van der Waals surface area contributed by atoms with Crippen molar-refractivity contribution in [3.8, 4) is 11.3 Å². The zero-order valence-corrected chi connectivity index (χ0v) is 16.2. The largest absolute Gasteiger partial charge is 0.382 e.